The van der Waals surface area contributed by atoms with E-state index in [1.165, 1.54) is 12.1 Å². The first kappa shape index (κ1) is 17.8. The van der Waals surface area contributed by atoms with Gasteiger partial charge in [-0.05, 0) is 24.6 Å². The summed E-state index contributed by atoms with van der Waals surface area (Å²) in [6.45, 7) is -1.29. The lowest BCUT2D eigenvalue weighted by Crippen LogP contribution is -2.47. The van der Waals surface area contributed by atoms with E-state index < -0.39 is 36.4 Å². The van der Waals surface area contributed by atoms with Crippen molar-refractivity contribution in [3.63, 3.8) is 0 Å². The Morgan fingerprint density at radius 1 is 1.15 bits per heavy atom. The summed E-state index contributed by atoms with van der Waals surface area (Å²) in [6.07, 6.45) is -5.66. The van der Waals surface area contributed by atoms with Gasteiger partial charge in [0.1, 0.15) is 5.75 Å². The van der Waals surface area contributed by atoms with E-state index in [1.54, 1.807) is 30.3 Å². The maximum Gasteiger partial charge on any atom is 0.406 e. The van der Waals surface area contributed by atoms with Crippen LogP contribution < -0.4 is 4.74 Å². The smallest absolute Gasteiger partial charge is 0.406 e. The van der Waals surface area contributed by atoms with Crippen molar-refractivity contribution in [3.05, 3.63) is 48.2 Å². The molecule has 1 aromatic heterocycles. The zero-order valence-corrected chi connectivity index (χ0v) is 13.3. The number of carbonyl (C=O) groups excluding carboxylic acids is 1. The first-order chi connectivity index (χ1) is 12.2. The number of hydrogen-bond acceptors (Lipinski definition) is 4. The monoisotopic (exact) mass is 369 g/mol. The van der Waals surface area contributed by atoms with Crippen LogP contribution in [0.1, 0.15) is 17.0 Å². The molecule has 0 radical (unpaired) electrons. The van der Waals surface area contributed by atoms with Crippen LogP contribution in [0.4, 0.5) is 13.2 Å². The molecule has 1 aliphatic heterocycles. The highest BCUT2D eigenvalue weighted by Crippen LogP contribution is 2.46. The third-order valence-corrected chi connectivity index (χ3v) is 4.26. The molecule has 1 atom stereocenters. The zero-order valence-electron chi connectivity index (χ0n) is 13.3. The molecule has 6 nitrogen and oxygen atoms in total. The number of hydrogen-bond donors (Lipinski definition) is 1. The number of halogens is 3. The largest absolute Gasteiger partial charge is 0.481 e. The van der Waals surface area contributed by atoms with Gasteiger partial charge in [0.05, 0.1) is 0 Å². The molecule has 1 amide bonds. The molecule has 1 fully saturated rings. The highest BCUT2D eigenvalue weighted by molar-refractivity contribution is 5.92. The quantitative estimate of drug-likeness (QED) is 0.892. The number of para-hydroxylation sites is 1. The second kappa shape index (κ2) is 6.40. The fraction of sp³-hybridized carbons (Fsp3) is 0.294. The van der Waals surface area contributed by atoms with Gasteiger partial charge in [-0.1, -0.05) is 18.2 Å². The number of amides is 1. The van der Waals surface area contributed by atoms with E-state index in [4.69, 9.17) is 14.3 Å². The molecule has 1 unspecified atom stereocenters. The predicted octanol–water partition coefficient (Wildman–Crippen LogP) is 3.55. The third-order valence-electron chi connectivity index (χ3n) is 4.26. The van der Waals surface area contributed by atoms with Gasteiger partial charge in [-0.3, -0.25) is 9.59 Å². The minimum atomic E-state index is -4.96. The highest BCUT2D eigenvalue weighted by atomic mass is 19.4. The third kappa shape index (κ3) is 3.12. The molecule has 1 aromatic carbocycles. The lowest BCUT2D eigenvalue weighted by atomic mass is 9.86. The van der Waals surface area contributed by atoms with Crippen LogP contribution in [0.3, 0.4) is 0 Å². The maximum absolute atomic E-state index is 13.2. The summed E-state index contributed by atoms with van der Waals surface area (Å²) in [5.41, 5.74) is -2.96. The normalized spacial score (nSPS) is 20.2. The van der Waals surface area contributed by atoms with Crippen LogP contribution in [-0.4, -0.2) is 41.1 Å². The fourth-order valence-corrected chi connectivity index (χ4v) is 2.76. The Kier molecular flexibility index (Phi) is 4.39. The number of ether oxygens (including phenoxy) is 1. The van der Waals surface area contributed by atoms with E-state index >= 15 is 0 Å². The van der Waals surface area contributed by atoms with Gasteiger partial charge in [-0.15, -0.1) is 0 Å². The summed E-state index contributed by atoms with van der Waals surface area (Å²) in [5, 5.41) is 9.04. The van der Waals surface area contributed by atoms with Gasteiger partial charge in [0.2, 0.25) is 0 Å². The Morgan fingerprint density at radius 3 is 2.42 bits per heavy atom. The van der Waals surface area contributed by atoms with Gasteiger partial charge in [-0.2, -0.15) is 13.2 Å². The van der Waals surface area contributed by atoms with E-state index in [-0.39, 0.29) is 18.3 Å². The Hall–Kier alpha value is -2.97. The van der Waals surface area contributed by atoms with Gasteiger partial charge < -0.3 is 19.2 Å². The fourth-order valence-electron chi connectivity index (χ4n) is 2.76. The zero-order chi connectivity index (χ0) is 18.9. The molecule has 0 aliphatic carbocycles. The van der Waals surface area contributed by atoms with E-state index in [1.807, 2.05) is 0 Å². The van der Waals surface area contributed by atoms with Crippen molar-refractivity contribution in [1.29, 1.82) is 0 Å². The van der Waals surface area contributed by atoms with Gasteiger partial charge in [0.25, 0.3) is 11.9 Å². The number of furan rings is 1. The molecular weight excluding hydrogens is 355 g/mol. The van der Waals surface area contributed by atoms with Gasteiger partial charge in [-0.25, -0.2) is 0 Å². The lowest BCUT2D eigenvalue weighted by Gasteiger charge is -2.26. The number of carboxylic acids is 1. The summed E-state index contributed by atoms with van der Waals surface area (Å²) >= 11 is 0. The average molecular weight is 369 g/mol. The van der Waals surface area contributed by atoms with E-state index in [0.29, 0.717) is 5.75 Å². The SMILES string of the molecule is O=C(c1ccc(Oc2ccccc2)o1)N1CCC(C(=O)O)(C(F)(F)F)C1. The maximum atomic E-state index is 13.2. The van der Waals surface area contributed by atoms with Crippen molar-refractivity contribution in [3.8, 4) is 11.7 Å². The van der Waals surface area contributed by atoms with Crippen molar-refractivity contribution in [1.82, 2.24) is 4.90 Å². The molecule has 0 spiro atoms. The Bertz CT molecular complexity index is 817. The van der Waals surface area contributed by atoms with Crippen LogP contribution in [0.5, 0.6) is 11.7 Å². The Labute approximate surface area is 145 Å². The highest BCUT2D eigenvalue weighted by Gasteiger charge is 2.64. The topological polar surface area (TPSA) is 80.0 Å². The number of rotatable bonds is 4. The summed E-state index contributed by atoms with van der Waals surface area (Å²) in [6, 6.07) is 11.2. The number of benzene rings is 1. The molecule has 2 heterocycles. The molecule has 1 saturated heterocycles. The van der Waals surface area contributed by atoms with Crippen LogP contribution in [0, 0.1) is 5.41 Å². The second-order valence-electron chi connectivity index (χ2n) is 5.90. The van der Waals surface area contributed by atoms with Gasteiger partial charge in [0, 0.05) is 19.2 Å². The van der Waals surface area contributed by atoms with E-state index in [2.05, 4.69) is 0 Å². The number of nitrogens with zero attached hydrogens (tertiary/aromatic N) is 1. The van der Waals surface area contributed by atoms with Gasteiger partial charge in [0.15, 0.2) is 11.2 Å². The average Bonchev–Trinajstić information content (AvgIpc) is 3.22. The predicted molar refractivity (Wildman–Crippen MR) is 81.9 cm³/mol. The van der Waals surface area contributed by atoms with Gasteiger partial charge >= 0.3 is 12.1 Å². The number of aliphatic carboxylic acids is 1. The standard InChI is InChI=1S/C17H14F3NO5/c18-17(19,20)16(15(23)24)8-9-21(10-16)14(22)12-6-7-13(26-12)25-11-4-2-1-3-5-11/h1-7H,8-10H2,(H,23,24). The van der Waals surface area contributed by atoms with E-state index in [9.17, 15) is 22.8 Å². The van der Waals surface area contributed by atoms with Crippen LogP contribution in [0.2, 0.25) is 0 Å². The number of alkyl halides is 3. The first-order valence-corrected chi connectivity index (χ1v) is 7.65. The van der Waals surface area contributed by atoms with Crippen LogP contribution in [-0.2, 0) is 4.79 Å². The number of likely N-dealkylation sites (tertiary alicyclic amines) is 1. The summed E-state index contributed by atoms with van der Waals surface area (Å²) in [5.74, 6) is -2.57. The molecule has 0 saturated carbocycles. The summed E-state index contributed by atoms with van der Waals surface area (Å²) < 4.78 is 50.2. The first-order valence-electron chi connectivity index (χ1n) is 7.65. The second-order valence-corrected chi connectivity index (χ2v) is 5.90. The summed E-state index contributed by atoms with van der Waals surface area (Å²) in [4.78, 5) is 24.4. The molecule has 9 heteroatoms. The van der Waals surface area contributed by atoms with Crippen LogP contribution >= 0.6 is 0 Å². The van der Waals surface area contributed by atoms with Crippen molar-refractivity contribution < 1.29 is 37.0 Å². The van der Waals surface area contributed by atoms with Crippen molar-refractivity contribution in [2.45, 2.75) is 12.6 Å². The number of carbonyl (C=O) groups is 2. The molecule has 0 bridgehead atoms. The number of carboxylic acid groups (broad SMARTS) is 1. The molecular formula is C17H14F3NO5. The molecule has 1 N–H and O–H groups in total. The van der Waals surface area contributed by atoms with E-state index in [0.717, 1.165) is 4.90 Å². The lowest BCUT2D eigenvalue weighted by molar-refractivity contribution is -0.227. The van der Waals surface area contributed by atoms with Crippen molar-refractivity contribution in [2.75, 3.05) is 13.1 Å². The minimum absolute atomic E-state index is 0.000865. The molecule has 2 aromatic rings. The molecule has 138 valence electrons. The minimum Gasteiger partial charge on any atom is -0.481 e. The van der Waals surface area contributed by atoms with Crippen LogP contribution in [0.15, 0.2) is 46.9 Å². The summed E-state index contributed by atoms with van der Waals surface area (Å²) in [7, 11) is 0. The van der Waals surface area contributed by atoms with Crippen molar-refractivity contribution in [2.24, 2.45) is 5.41 Å². The van der Waals surface area contributed by atoms with Crippen molar-refractivity contribution >= 4 is 11.9 Å². The molecule has 3 rings (SSSR count). The van der Waals surface area contributed by atoms with Crippen LogP contribution in [0.25, 0.3) is 0 Å². The Balaban J connectivity index is 1.74. The molecule has 1 aliphatic rings. The Morgan fingerprint density at radius 2 is 1.85 bits per heavy atom. The molecule has 26 heavy (non-hydrogen) atoms.